The maximum atomic E-state index is 12.7. The average Bonchev–Trinajstić information content (AvgIpc) is 2.81. The fourth-order valence-electron chi connectivity index (χ4n) is 4.77. The van der Waals surface area contributed by atoms with Gasteiger partial charge in [0.2, 0.25) is 5.91 Å². The van der Waals surface area contributed by atoms with Gasteiger partial charge in [-0.05, 0) is 74.5 Å². The summed E-state index contributed by atoms with van der Waals surface area (Å²) in [6.07, 6.45) is 4.53. The topological polar surface area (TPSA) is 35.6 Å². The minimum atomic E-state index is 0.146. The van der Waals surface area contributed by atoms with E-state index in [0.717, 1.165) is 44.9 Å². The summed E-state index contributed by atoms with van der Waals surface area (Å²) in [6.45, 7) is 9.43. The lowest BCUT2D eigenvalue weighted by Gasteiger charge is -2.31. The maximum absolute atomic E-state index is 12.7. The van der Waals surface area contributed by atoms with E-state index < -0.39 is 0 Å². The molecule has 2 aliphatic heterocycles. The normalized spacial score (nSPS) is 19.4. The van der Waals surface area contributed by atoms with Gasteiger partial charge in [0.25, 0.3) is 0 Å². The van der Waals surface area contributed by atoms with Gasteiger partial charge in [0.15, 0.2) is 0 Å². The smallest absolute Gasteiger partial charge is 0.223 e. The summed E-state index contributed by atoms with van der Waals surface area (Å²) in [4.78, 5) is 17.7. The van der Waals surface area contributed by atoms with E-state index in [1.807, 2.05) is 0 Å². The number of piperidine rings is 2. The zero-order valence-electron chi connectivity index (χ0n) is 18.9. The first kappa shape index (κ1) is 22.0. The van der Waals surface area contributed by atoms with Gasteiger partial charge in [-0.2, -0.15) is 0 Å². The van der Waals surface area contributed by atoms with Crippen LogP contribution in [-0.2, 0) is 24.4 Å². The second-order valence-electron chi connectivity index (χ2n) is 9.53. The number of amides is 1. The number of rotatable bonds is 7. The highest BCUT2D eigenvalue weighted by molar-refractivity contribution is 5.78. The van der Waals surface area contributed by atoms with E-state index in [1.165, 1.54) is 42.6 Å². The molecule has 0 bridgehead atoms. The third kappa shape index (κ3) is 6.65. The van der Waals surface area contributed by atoms with E-state index in [4.69, 9.17) is 0 Å². The molecular formula is C27H37N3O. The van der Waals surface area contributed by atoms with Gasteiger partial charge in [-0.1, -0.05) is 61.5 Å². The van der Waals surface area contributed by atoms with Crippen molar-refractivity contribution in [2.75, 3.05) is 26.2 Å². The summed E-state index contributed by atoms with van der Waals surface area (Å²) in [5.74, 6) is 1.23. The molecule has 2 aromatic rings. The van der Waals surface area contributed by atoms with E-state index in [0.29, 0.717) is 6.54 Å². The molecule has 2 saturated heterocycles. The van der Waals surface area contributed by atoms with Crippen molar-refractivity contribution in [1.29, 1.82) is 0 Å². The van der Waals surface area contributed by atoms with Gasteiger partial charge in [-0.15, -0.1) is 0 Å². The molecule has 2 fully saturated rings. The van der Waals surface area contributed by atoms with Gasteiger partial charge in [0.1, 0.15) is 0 Å². The van der Waals surface area contributed by atoms with E-state index in [1.54, 1.807) is 0 Å². The number of hydrogen-bond donors (Lipinski definition) is 1. The van der Waals surface area contributed by atoms with E-state index in [2.05, 4.69) is 76.6 Å². The molecule has 2 heterocycles. The van der Waals surface area contributed by atoms with Gasteiger partial charge in [-0.3, -0.25) is 14.6 Å². The highest BCUT2D eigenvalue weighted by atomic mass is 16.1. The molecule has 31 heavy (non-hydrogen) atoms. The van der Waals surface area contributed by atoms with E-state index in [-0.39, 0.29) is 11.8 Å². The van der Waals surface area contributed by atoms with Crippen LogP contribution in [0.4, 0.5) is 0 Å². The summed E-state index contributed by atoms with van der Waals surface area (Å²) < 4.78 is 0. The van der Waals surface area contributed by atoms with Crippen LogP contribution in [0.15, 0.2) is 54.6 Å². The lowest BCUT2D eigenvalue weighted by atomic mass is 9.95. The molecule has 1 amide bonds. The summed E-state index contributed by atoms with van der Waals surface area (Å²) in [5, 5.41) is 3.17. The number of carbonyl (C=O) groups excluding carboxylic acids is 1. The number of hydrogen-bond acceptors (Lipinski definition) is 3. The van der Waals surface area contributed by atoms with Crippen LogP contribution in [-0.4, -0.2) is 41.9 Å². The SMILES string of the molecule is CC1CCN(Cc2ccc(CNC(=O)C3CCN(Cc4ccccc4)CC3)cc2)CC1. The van der Waals surface area contributed by atoms with Gasteiger partial charge in [0.05, 0.1) is 0 Å². The first-order valence-electron chi connectivity index (χ1n) is 12.0. The maximum Gasteiger partial charge on any atom is 0.223 e. The molecule has 1 N–H and O–H groups in total. The molecule has 0 radical (unpaired) electrons. The van der Waals surface area contributed by atoms with Crippen molar-refractivity contribution in [1.82, 2.24) is 15.1 Å². The van der Waals surface area contributed by atoms with Gasteiger partial charge in [-0.25, -0.2) is 0 Å². The number of benzene rings is 2. The molecule has 0 atom stereocenters. The largest absolute Gasteiger partial charge is 0.352 e. The van der Waals surface area contributed by atoms with E-state index in [9.17, 15) is 4.79 Å². The van der Waals surface area contributed by atoms with Crippen LogP contribution < -0.4 is 5.32 Å². The predicted molar refractivity (Wildman–Crippen MR) is 126 cm³/mol. The zero-order valence-corrected chi connectivity index (χ0v) is 18.9. The van der Waals surface area contributed by atoms with Crippen LogP contribution in [0, 0.1) is 11.8 Å². The summed E-state index contributed by atoms with van der Waals surface area (Å²) in [5.41, 5.74) is 3.91. The van der Waals surface area contributed by atoms with Gasteiger partial charge >= 0.3 is 0 Å². The lowest BCUT2D eigenvalue weighted by Crippen LogP contribution is -2.40. The van der Waals surface area contributed by atoms with E-state index >= 15 is 0 Å². The van der Waals surface area contributed by atoms with Crippen LogP contribution >= 0.6 is 0 Å². The molecule has 0 aromatic heterocycles. The minimum Gasteiger partial charge on any atom is -0.352 e. The quantitative estimate of drug-likeness (QED) is 0.720. The van der Waals surface area contributed by atoms with Gasteiger partial charge < -0.3 is 5.32 Å². The summed E-state index contributed by atoms with van der Waals surface area (Å²) >= 11 is 0. The molecule has 0 aliphatic carbocycles. The van der Waals surface area contributed by atoms with Gasteiger partial charge in [0, 0.05) is 25.6 Å². The Morgan fingerprint density at radius 2 is 1.29 bits per heavy atom. The highest BCUT2D eigenvalue weighted by Crippen LogP contribution is 2.20. The molecule has 0 spiro atoms. The Labute approximate surface area is 187 Å². The van der Waals surface area contributed by atoms with Crippen molar-refractivity contribution in [3.63, 3.8) is 0 Å². The number of likely N-dealkylation sites (tertiary alicyclic amines) is 2. The number of nitrogens with one attached hydrogen (secondary N) is 1. The third-order valence-electron chi connectivity index (χ3n) is 6.98. The molecule has 2 aliphatic rings. The fourth-order valence-corrected chi connectivity index (χ4v) is 4.77. The minimum absolute atomic E-state index is 0.146. The molecule has 4 nitrogen and oxygen atoms in total. The predicted octanol–water partition coefficient (Wildman–Crippen LogP) is 4.45. The van der Waals surface area contributed by atoms with Crippen LogP contribution in [0.2, 0.25) is 0 Å². The van der Waals surface area contributed by atoms with Crippen molar-refractivity contribution >= 4 is 5.91 Å². The lowest BCUT2D eigenvalue weighted by molar-refractivity contribution is -0.126. The molecule has 2 aromatic carbocycles. The van der Waals surface area contributed by atoms with Crippen molar-refractivity contribution in [3.05, 3.63) is 71.3 Å². The standard InChI is InChI=1S/C27H37N3O/c1-22-11-15-29(16-12-22)21-25-9-7-23(8-10-25)19-28-27(31)26-13-17-30(18-14-26)20-24-5-3-2-4-6-24/h2-10,22,26H,11-21H2,1H3,(H,28,31). The Balaban J connectivity index is 1.17. The van der Waals surface area contributed by atoms with Crippen molar-refractivity contribution in [3.8, 4) is 0 Å². The number of carbonyl (C=O) groups is 1. The molecule has 0 saturated carbocycles. The average molecular weight is 420 g/mol. The van der Waals surface area contributed by atoms with Crippen LogP contribution in [0.5, 0.6) is 0 Å². The third-order valence-corrected chi connectivity index (χ3v) is 6.98. The first-order chi connectivity index (χ1) is 15.2. The fraction of sp³-hybridized carbons (Fsp3) is 0.519. The Morgan fingerprint density at radius 3 is 1.90 bits per heavy atom. The molecule has 0 unspecified atom stereocenters. The molecule has 166 valence electrons. The Bertz CT molecular complexity index is 804. The van der Waals surface area contributed by atoms with Crippen molar-refractivity contribution in [2.24, 2.45) is 11.8 Å². The van der Waals surface area contributed by atoms with Crippen LogP contribution in [0.3, 0.4) is 0 Å². The van der Waals surface area contributed by atoms with Crippen LogP contribution in [0.25, 0.3) is 0 Å². The Hall–Kier alpha value is -2.17. The highest BCUT2D eigenvalue weighted by Gasteiger charge is 2.24. The summed E-state index contributed by atoms with van der Waals surface area (Å²) in [6, 6.07) is 19.4. The summed E-state index contributed by atoms with van der Waals surface area (Å²) in [7, 11) is 0. The second-order valence-corrected chi connectivity index (χ2v) is 9.53. The zero-order chi connectivity index (χ0) is 21.5. The van der Waals surface area contributed by atoms with Crippen molar-refractivity contribution in [2.45, 2.75) is 52.2 Å². The second kappa shape index (κ2) is 10.9. The first-order valence-corrected chi connectivity index (χ1v) is 12.0. The van der Waals surface area contributed by atoms with Crippen LogP contribution in [0.1, 0.15) is 49.3 Å². The number of nitrogens with zero attached hydrogens (tertiary/aromatic N) is 2. The Kier molecular flexibility index (Phi) is 7.76. The molecule has 4 rings (SSSR count). The molecular weight excluding hydrogens is 382 g/mol. The van der Waals surface area contributed by atoms with Crippen molar-refractivity contribution < 1.29 is 4.79 Å². The molecule has 4 heteroatoms. The monoisotopic (exact) mass is 419 g/mol. The Morgan fingerprint density at radius 1 is 0.774 bits per heavy atom.